The van der Waals surface area contributed by atoms with Crippen molar-refractivity contribution in [2.45, 2.75) is 44.9 Å². The Bertz CT molecular complexity index is 1490. The number of nitrogen functional groups attached to an aromatic ring is 1. The lowest BCUT2D eigenvalue weighted by Crippen LogP contribution is -2.49. The summed E-state index contributed by atoms with van der Waals surface area (Å²) in [6.45, 7) is 6.14. The predicted molar refractivity (Wildman–Crippen MR) is 144 cm³/mol. The molecule has 3 heterocycles. The third kappa shape index (κ3) is 5.63. The minimum Gasteiger partial charge on any atom is -0.457 e. The van der Waals surface area contributed by atoms with Crippen molar-refractivity contribution in [1.82, 2.24) is 24.6 Å². The number of fused-ring (bicyclic) bond motifs is 1. The Hall–Kier alpha value is -4.25. The molecule has 0 saturated carbocycles. The van der Waals surface area contributed by atoms with Gasteiger partial charge in [0.25, 0.3) is 0 Å². The van der Waals surface area contributed by atoms with E-state index in [-0.39, 0.29) is 23.5 Å². The zero-order chi connectivity index (χ0) is 27.7. The van der Waals surface area contributed by atoms with Crippen molar-refractivity contribution in [3.63, 3.8) is 0 Å². The number of ether oxygens (including phenoxy) is 3. The van der Waals surface area contributed by atoms with Gasteiger partial charge in [-0.3, -0.25) is 0 Å². The van der Waals surface area contributed by atoms with E-state index >= 15 is 4.39 Å². The van der Waals surface area contributed by atoms with Crippen LogP contribution in [0.2, 0.25) is 0 Å². The second kappa shape index (κ2) is 10.5. The molecular formula is C28H31FN6O4. The summed E-state index contributed by atoms with van der Waals surface area (Å²) in [5.41, 5.74) is 6.58. The Balaban J connectivity index is 1.52. The summed E-state index contributed by atoms with van der Waals surface area (Å²) >= 11 is 0. The topological polar surface area (TPSA) is 118 Å². The molecule has 1 aliphatic rings. The zero-order valence-corrected chi connectivity index (χ0v) is 22.3. The largest absolute Gasteiger partial charge is 0.457 e. The van der Waals surface area contributed by atoms with E-state index in [1.165, 1.54) is 12.4 Å². The highest BCUT2D eigenvalue weighted by Gasteiger charge is 2.35. The molecule has 1 fully saturated rings. The number of methoxy groups -OCH3 is 1. The number of nitrogens with zero attached hydrogens (tertiary/aromatic N) is 5. The minimum absolute atomic E-state index is 0.174. The van der Waals surface area contributed by atoms with Crippen molar-refractivity contribution < 1.29 is 23.4 Å². The van der Waals surface area contributed by atoms with Crippen molar-refractivity contribution in [2.75, 3.05) is 25.9 Å². The molecule has 2 N–H and O–H groups in total. The molecule has 0 unspecified atom stereocenters. The zero-order valence-electron chi connectivity index (χ0n) is 22.3. The molecule has 5 rings (SSSR count). The van der Waals surface area contributed by atoms with Gasteiger partial charge in [0, 0.05) is 25.3 Å². The smallest absolute Gasteiger partial charge is 0.410 e. The summed E-state index contributed by atoms with van der Waals surface area (Å²) in [4.78, 5) is 23.1. The lowest BCUT2D eigenvalue weighted by atomic mass is 10.0. The van der Waals surface area contributed by atoms with Crippen LogP contribution in [0.4, 0.5) is 15.0 Å². The number of aromatic nitrogens is 4. The summed E-state index contributed by atoms with van der Waals surface area (Å²) in [6, 6.07) is 13.4. The lowest BCUT2D eigenvalue weighted by Gasteiger charge is -2.37. The molecule has 204 valence electrons. The van der Waals surface area contributed by atoms with Crippen LogP contribution in [0, 0.1) is 5.82 Å². The summed E-state index contributed by atoms with van der Waals surface area (Å²) in [6.07, 6.45) is 1.20. The number of rotatable bonds is 5. The normalized spacial score (nSPS) is 17.8. The Kier molecular flexibility index (Phi) is 7.09. The van der Waals surface area contributed by atoms with Gasteiger partial charge >= 0.3 is 6.09 Å². The van der Waals surface area contributed by atoms with Gasteiger partial charge in [0.1, 0.15) is 40.8 Å². The summed E-state index contributed by atoms with van der Waals surface area (Å²) in [5.74, 6) is 0.579. The van der Waals surface area contributed by atoms with Gasteiger partial charge in [-0.05, 0) is 51.5 Å². The van der Waals surface area contributed by atoms with Gasteiger partial charge in [0.05, 0.1) is 24.1 Å². The number of likely N-dealkylation sites (tertiary alicyclic amines) is 1. The van der Waals surface area contributed by atoms with Gasteiger partial charge in [0.2, 0.25) is 0 Å². The predicted octanol–water partition coefficient (Wildman–Crippen LogP) is 5.20. The van der Waals surface area contributed by atoms with E-state index in [2.05, 4.69) is 9.97 Å². The van der Waals surface area contributed by atoms with E-state index in [0.717, 1.165) is 0 Å². The number of benzene rings is 2. The number of carbonyl (C=O) groups excluding carboxylic acids is 1. The number of anilines is 1. The van der Waals surface area contributed by atoms with Crippen molar-refractivity contribution in [3.05, 3.63) is 60.7 Å². The highest BCUT2D eigenvalue weighted by Crippen LogP contribution is 2.36. The maximum Gasteiger partial charge on any atom is 0.410 e. The lowest BCUT2D eigenvalue weighted by molar-refractivity contribution is -0.0184. The van der Waals surface area contributed by atoms with Crippen LogP contribution in [0.1, 0.15) is 33.2 Å². The molecule has 10 nitrogen and oxygen atoms in total. The Morgan fingerprint density at radius 1 is 1.08 bits per heavy atom. The van der Waals surface area contributed by atoms with Crippen LogP contribution in [0.25, 0.3) is 22.3 Å². The molecular weight excluding hydrogens is 503 g/mol. The highest BCUT2D eigenvalue weighted by molar-refractivity contribution is 5.98. The molecule has 39 heavy (non-hydrogen) atoms. The van der Waals surface area contributed by atoms with Crippen molar-refractivity contribution in [1.29, 1.82) is 0 Å². The summed E-state index contributed by atoms with van der Waals surface area (Å²) in [5, 5.41) is 5.20. The molecule has 0 spiro atoms. The molecule has 0 radical (unpaired) electrons. The van der Waals surface area contributed by atoms with Crippen molar-refractivity contribution in [2.24, 2.45) is 0 Å². The van der Waals surface area contributed by atoms with Crippen LogP contribution < -0.4 is 10.5 Å². The average Bonchev–Trinajstić information content (AvgIpc) is 3.29. The third-order valence-electron chi connectivity index (χ3n) is 6.41. The summed E-state index contributed by atoms with van der Waals surface area (Å²) < 4.78 is 34.2. The molecule has 2 aromatic heterocycles. The maximum absolute atomic E-state index is 15.5. The van der Waals surface area contributed by atoms with Crippen LogP contribution in [0.3, 0.4) is 0 Å². The van der Waals surface area contributed by atoms with Crippen molar-refractivity contribution >= 4 is 22.9 Å². The van der Waals surface area contributed by atoms with Gasteiger partial charge in [-0.15, -0.1) is 0 Å². The van der Waals surface area contributed by atoms with E-state index in [1.54, 1.807) is 41.0 Å². The van der Waals surface area contributed by atoms with E-state index in [1.807, 2.05) is 39.0 Å². The molecule has 2 atom stereocenters. The highest BCUT2D eigenvalue weighted by atomic mass is 19.1. The number of hydrogen-bond acceptors (Lipinski definition) is 8. The maximum atomic E-state index is 15.5. The molecule has 1 saturated heterocycles. The van der Waals surface area contributed by atoms with Gasteiger partial charge in [-0.25, -0.2) is 23.8 Å². The quantitative estimate of drug-likeness (QED) is 0.371. The number of hydrogen-bond donors (Lipinski definition) is 1. The van der Waals surface area contributed by atoms with Crippen LogP contribution in [0.5, 0.6) is 11.5 Å². The first-order valence-electron chi connectivity index (χ1n) is 12.6. The molecule has 4 aromatic rings. The number of carbonyl (C=O) groups is 1. The van der Waals surface area contributed by atoms with Crippen LogP contribution >= 0.6 is 0 Å². The summed E-state index contributed by atoms with van der Waals surface area (Å²) in [7, 11) is 1.60. The van der Waals surface area contributed by atoms with Crippen LogP contribution in [-0.2, 0) is 9.47 Å². The standard InChI is InChI=1S/C28H31FN6O4/c1-28(2,3)39-27(36)34-14-17(12-20(15-34)37-4)35-26-23(25(30)31-16-32-26)24(33-35)21-11-10-19(13-22(21)29)38-18-8-6-5-7-9-18/h5-11,13,16-17,20H,12,14-15H2,1-4H3,(H2,30,31,32)/t17-,20-/m1/s1. The van der Waals surface area contributed by atoms with E-state index in [0.29, 0.717) is 47.7 Å². The van der Waals surface area contributed by atoms with E-state index in [9.17, 15) is 4.79 Å². The Labute approximate surface area is 225 Å². The Morgan fingerprint density at radius 3 is 2.54 bits per heavy atom. The Morgan fingerprint density at radius 2 is 1.85 bits per heavy atom. The average molecular weight is 535 g/mol. The molecule has 11 heteroatoms. The van der Waals surface area contributed by atoms with Gasteiger partial charge in [-0.1, -0.05) is 18.2 Å². The second-order valence-corrected chi connectivity index (χ2v) is 10.4. The fourth-order valence-electron chi connectivity index (χ4n) is 4.67. The molecule has 1 amide bonds. The van der Waals surface area contributed by atoms with Gasteiger partial charge in [-0.2, -0.15) is 5.10 Å². The fraction of sp³-hybridized carbons (Fsp3) is 0.357. The number of piperidine rings is 1. The minimum atomic E-state index is -0.645. The van der Waals surface area contributed by atoms with E-state index in [4.69, 9.17) is 25.0 Å². The molecule has 0 aliphatic carbocycles. The fourth-order valence-corrected chi connectivity index (χ4v) is 4.67. The first-order chi connectivity index (χ1) is 18.6. The number of amides is 1. The van der Waals surface area contributed by atoms with Crippen LogP contribution in [0.15, 0.2) is 54.9 Å². The van der Waals surface area contributed by atoms with Crippen LogP contribution in [-0.4, -0.2) is 62.6 Å². The molecule has 1 aliphatic heterocycles. The van der Waals surface area contributed by atoms with Gasteiger partial charge < -0.3 is 24.8 Å². The first kappa shape index (κ1) is 26.4. The van der Waals surface area contributed by atoms with Crippen molar-refractivity contribution in [3.8, 4) is 22.8 Å². The third-order valence-corrected chi connectivity index (χ3v) is 6.41. The number of para-hydroxylation sites is 1. The number of halogens is 1. The second-order valence-electron chi connectivity index (χ2n) is 10.4. The molecule has 0 bridgehead atoms. The molecule has 2 aromatic carbocycles. The first-order valence-corrected chi connectivity index (χ1v) is 12.6. The monoisotopic (exact) mass is 534 g/mol. The van der Waals surface area contributed by atoms with E-state index < -0.39 is 17.5 Å². The SMILES string of the molecule is CO[C@@H]1C[C@@H](n2nc(-c3ccc(Oc4ccccc4)cc3F)c3c(N)ncnc32)CN(C(=O)OC(C)(C)C)C1. The van der Waals surface area contributed by atoms with Gasteiger partial charge in [0.15, 0.2) is 5.65 Å². The number of nitrogens with two attached hydrogens (primary N) is 1.